The van der Waals surface area contributed by atoms with Gasteiger partial charge in [-0.1, -0.05) is 18.1 Å². The predicted octanol–water partition coefficient (Wildman–Crippen LogP) is 2.43. The molecule has 0 spiro atoms. The van der Waals surface area contributed by atoms with Crippen LogP contribution in [0.3, 0.4) is 0 Å². The van der Waals surface area contributed by atoms with Crippen molar-refractivity contribution in [1.29, 1.82) is 0 Å². The Hall–Kier alpha value is -0.910. The molecule has 0 aliphatic heterocycles. The highest BCUT2D eigenvalue weighted by Crippen LogP contribution is 2.19. The predicted molar refractivity (Wildman–Crippen MR) is 58.6 cm³/mol. The minimum Gasteiger partial charge on any atom is -0.324 e. The molecule has 2 heteroatoms. The van der Waals surface area contributed by atoms with Crippen LogP contribution in [0.5, 0.6) is 0 Å². The van der Waals surface area contributed by atoms with Gasteiger partial charge in [0, 0.05) is 10.9 Å². The van der Waals surface area contributed by atoms with Crippen molar-refractivity contribution in [2.45, 2.75) is 17.9 Å². The first-order chi connectivity index (χ1) is 6.24. The first-order valence-electron chi connectivity index (χ1n) is 4.16. The molecular weight excluding hydrogens is 178 g/mol. The second-order valence-electron chi connectivity index (χ2n) is 2.85. The quantitative estimate of drug-likeness (QED) is 0.586. The fourth-order valence-electron chi connectivity index (χ4n) is 0.993. The molecule has 0 fully saturated rings. The highest BCUT2D eigenvalue weighted by molar-refractivity contribution is 7.99. The van der Waals surface area contributed by atoms with Crippen molar-refractivity contribution in [2.24, 2.45) is 5.73 Å². The average molecular weight is 191 g/mol. The third kappa shape index (κ3) is 3.14. The smallest absolute Gasteiger partial charge is 0.0592 e. The largest absolute Gasteiger partial charge is 0.324 e. The zero-order chi connectivity index (χ0) is 9.68. The molecule has 68 valence electrons. The van der Waals surface area contributed by atoms with Gasteiger partial charge in [0.15, 0.2) is 0 Å². The first kappa shape index (κ1) is 10.2. The Kier molecular flexibility index (Phi) is 3.88. The van der Waals surface area contributed by atoms with Crippen molar-refractivity contribution >= 4 is 11.8 Å². The molecule has 1 rings (SSSR count). The fraction of sp³-hybridized carbons (Fsp3) is 0.273. The van der Waals surface area contributed by atoms with Crippen molar-refractivity contribution in [3.05, 3.63) is 29.8 Å². The van der Waals surface area contributed by atoms with E-state index in [-0.39, 0.29) is 6.04 Å². The lowest BCUT2D eigenvalue weighted by Gasteiger charge is -2.05. The summed E-state index contributed by atoms with van der Waals surface area (Å²) >= 11 is 1.66. The molecule has 0 radical (unpaired) electrons. The van der Waals surface area contributed by atoms with Gasteiger partial charge in [-0.05, 0) is 24.6 Å². The van der Waals surface area contributed by atoms with Gasteiger partial charge in [0.2, 0.25) is 0 Å². The van der Waals surface area contributed by atoms with E-state index in [0.29, 0.717) is 0 Å². The van der Waals surface area contributed by atoms with Crippen molar-refractivity contribution in [3.8, 4) is 12.3 Å². The maximum Gasteiger partial charge on any atom is 0.0592 e. The Morgan fingerprint density at radius 3 is 2.54 bits per heavy atom. The van der Waals surface area contributed by atoms with Crippen LogP contribution < -0.4 is 5.73 Å². The topological polar surface area (TPSA) is 26.0 Å². The van der Waals surface area contributed by atoms with Crippen LogP contribution in [0.1, 0.15) is 18.5 Å². The lowest BCUT2D eigenvalue weighted by molar-refractivity contribution is 0.817. The summed E-state index contributed by atoms with van der Waals surface area (Å²) in [5, 5.41) is 0. The Balaban J connectivity index is 2.65. The second-order valence-corrected chi connectivity index (χ2v) is 3.90. The molecule has 0 heterocycles. The van der Waals surface area contributed by atoms with Crippen LogP contribution in [0.2, 0.25) is 0 Å². The molecule has 0 amide bonds. The number of benzene rings is 1. The Labute approximate surface area is 83.7 Å². The minimum absolute atomic E-state index is 0.103. The Morgan fingerprint density at radius 1 is 1.46 bits per heavy atom. The third-order valence-electron chi connectivity index (χ3n) is 1.73. The molecule has 1 unspecified atom stereocenters. The lowest BCUT2D eigenvalue weighted by atomic mass is 10.1. The zero-order valence-corrected chi connectivity index (χ0v) is 8.47. The second kappa shape index (κ2) is 4.96. The third-order valence-corrected chi connectivity index (χ3v) is 2.64. The monoisotopic (exact) mass is 191 g/mol. The molecule has 1 atom stereocenters. The van der Waals surface area contributed by atoms with E-state index in [1.807, 2.05) is 19.1 Å². The molecule has 0 bridgehead atoms. The number of rotatable bonds is 3. The molecule has 2 N–H and O–H groups in total. The van der Waals surface area contributed by atoms with Crippen LogP contribution in [-0.4, -0.2) is 5.75 Å². The Bertz CT molecular complexity index is 295. The minimum atomic E-state index is 0.103. The fourth-order valence-corrected chi connectivity index (χ4v) is 1.57. The summed E-state index contributed by atoms with van der Waals surface area (Å²) in [6, 6.07) is 8.31. The van der Waals surface area contributed by atoms with Gasteiger partial charge in [-0.15, -0.1) is 18.2 Å². The lowest BCUT2D eigenvalue weighted by Crippen LogP contribution is -2.04. The van der Waals surface area contributed by atoms with E-state index in [2.05, 4.69) is 18.1 Å². The number of hydrogen-bond acceptors (Lipinski definition) is 2. The first-order valence-corrected chi connectivity index (χ1v) is 5.14. The zero-order valence-electron chi connectivity index (χ0n) is 7.66. The molecule has 13 heavy (non-hydrogen) atoms. The number of hydrogen-bond donors (Lipinski definition) is 1. The Morgan fingerprint density at radius 2 is 2.08 bits per heavy atom. The van der Waals surface area contributed by atoms with Crippen LogP contribution in [-0.2, 0) is 0 Å². The van der Waals surface area contributed by atoms with E-state index < -0.39 is 0 Å². The van der Waals surface area contributed by atoms with Crippen LogP contribution >= 0.6 is 11.8 Å². The summed E-state index contributed by atoms with van der Waals surface area (Å²) in [6.07, 6.45) is 5.16. The molecule has 1 aromatic rings. The number of nitrogens with two attached hydrogens (primary N) is 1. The van der Waals surface area contributed by atoms with Crippen molar-refractivity contribution in [1.82, 2.24) is 0 Å². The summed E-state index contributed by atoms with van der Waals surface area (Å²) in [6.45, 7) is 1.98. The van der Waals surface area contributed by atoms with E-state index in [1.54, 1.807) is 11.8 Å². The SMILES string of the molecule is C#CCSc1ccc(C(C)N)cc1. The maximum absolute atomic E-state index is 5.72. The van der Waals surface area contributed by atoms with Gasteiger partial charge in [-0.3, -0.25) is 0 Å². The summed E-state index contributed by atoms with van der Waals surface area (Å²) in [5.74, 6) is 3.31. The molecule has 1 nitrogen and oxygen atoms in total. The van der Waals surface area contributed by atoms with Gasteiger partial charge in [0.05, 0.1) is 5.75 Å². The summed E-state index contributed by atoms with van der Waals surface area (Å²) in [5.41, 5.74) is 6.88. The summed E-state index contributed by atoms with van der Waals surface area (Å²) in [7, 11) is 0. The van der Waals surface area contributed by atoms with Crippen LogP contribution in [0.15, 0.2) is 29.2 Å². The van der Waals surface area contributed by atoms with Gasteiger partial charge in [-0.25, -0.2) is 0 Å². The van der Waals surface area contributed by atoms with Gasteiger partial charge >= 0.3 is 0 Å². The van der Waals surface area contributed by atoms with Crippen molar-refractivity contribution in [2.75, 3.05) is 5.75 Å². The van der Waals surface area contributed by atoms with Crippen molar-refractivity contribution < 1.29 is 0 Å². The highest BCUT2D eigenvalue weighted by Gasteiger charge is 1.98. The normalized spacial score (nSPS) is 12.1. The van der Waals surface area contributed by atoms with E-state index in [1.165, 1.54) is 4.90 Å². The molecule has 1 aromatic carbocycles. The van der Waals surface area contributed by atoms with Gasteiger partial charge in [0.25, 0.3) is 0 Å². The van der Waals surface area contributed by atoms with E-state index in [9.17, 15) is 0 Å². The maximum atomic E-state index is 5.72. The molecule has 0 aromatic heterocycles. The summed E-state index contributed by atoms with van der Waals surface area (Å²) in [4.78, 5) is 1.20. The highest BCUT2D eigenvalue weighted by atomic mass is 32.2. The van der Waals surface area contributed by atoms with Gasteiger partial charge in [0.1, 0.15) is 0 Å². The van der Waals surface area contributed by atoms with Crippen LogP contribution in [0, 0.1) is 12.3 Å². The van der Waals surface area contributed by atoms with Crippen LogP contribution in [0.25, 0.3) is 0 Å². The van der Waals surface area contributed by atoms with Gasteiger partial charge < -0.3 is 5.73 Å². The molecule has 0 aliphatic carbocycles. The van der Waals surface area contributed by atoms with Gasteiger partial charge in [-0.2, -0.15) is 0 Å². The molecule has 0 saturated heterocycles. The number of thioether (sulfide) groups is 1. The average Bonchev–Trinajstić information content (AvgIpc) is 2.15. The van der Waals surface area contributed by atoms with E-state index in [0.717, 1.165) is 11.3 Å². The standard InChI is InChI=1S/C11H13NS/c1-3-8-13-11-6-4-10(5-7-11)9(2)12/h1,4-7,9H,8,12H2,2H3. The van der Waals surface area contributed by atoms with E-state index >= 15 is 0 Å². The molecule has 0 aliphatic rings. The summed E-state index contributed by atoms with van der Waals surface area (Å²) < 4.78 is 0. The number of terminal acetylenes is 1. The van der Waals surface area contributed by atoms with Crippen molar-refractivity contribution in [3.63, 3.8) is 0 Å². The molecule has 0 saturated carbocycles. The molecular formula is C11H13NS. The van der Waals surface area contributed by atoms with Crippen LogP contribution in [0.4, 0.5) is 0 Å². The van der Waals surface area contributed by atoms with E-state index in [4.69, 9.17) is 12.2 Å².